The second kappa shape index (κ2) is 6.13. The number of hydrogen-bond acceptors (Lipinski definition) is 4. The quantitative estimate of drug-likeness (QED) is 0.936. The van der Waals surface area contributed by atoms with Crippen molar-refractivity contribution in [3.8, 4) is 10.6 Å². The van der Waals surface area contributed by atoms with Gasteiger partial charge in [0.15, 0.2) is 0 Å². The molecule has 4 nitrogen and oxygen atoms in total. The molecular weight excluding hydrogens is 308 g/mol. The zero-order valence-electron chi connectivity index (χ0n) is 11.3. The molecule has 110 valence electrons. The molecule has 3 rings (SSSR count). The van der Waals surface area contributed by atoms with Crippen LogP contribution in [0.3, 0.4) is 0 Å². The lowest BCUT2D eigenvalue weighted by atomic mass is 10.2. The fourth-order valence-corrected chi connectivity index (χ4v) is 3.55. The lowest BCUT2D eigenvalue weighted by Gasteiger charge is -2.19. The molecule has 0 amide bonds. The average molecular weight is 323 g/mol. The fourth-order valence-electron chi connectivity index (χ4n) is 2.61. The van der Waals surface area contributed by atoms with Crippen LogP contribution >= 0.6 is 22.9 Å². The summed E-state index contributed by atoms with van der Waals surface area (Å²) < 4.78 is 0. The Kier molecular flexibility index (Phi) is 4.24. The van der Waals surface area contributed by atoms with Crippen molar-refractivity contribution in [2.24, 2.45) is 0 Å². The number of carboxylic acid groups (broad SMARTS) is 1. The molecule has 1 N–H and O–H groups in total. The molecule has 1 aromatic carbocycles. The molecule has 2 heterocycles. The van der Waals surface area contributed by atoms with E-state index in [1.54, 1.807) is 11.3 Å². The Morgan fingerprint density at radius 3 is 2.90 bits per heavy atom. The molecule has 0 bridgehead atoms. The lowest BCUT2D eigenvalue weighted by molar-refractivity contribution is -0.142. The monoisotopic (exact) mass is 322 g/mol. The summed E-state index contributed by atoms with van der Waals surface area (Å²) in [4.78, 5) is 17.8. The summed E-state index contributed by atoms with van der Waals surface area (Å²) in [6.07, 6.45) is 1.66. The molecule has 6 heteroatoms. The van der Waals surface area contributed by atoms with Gasteiger partial charge in [-0.25, -0.2) is 4.98 Å². The van der Waals surface area contributed by atoms with Crippen LogP contribution < -0.4 is 0 Å². The highest BCUT2D eigenvalue weighted by Crippen LogP contribution is 2.27. The van der Waals surface area contributed by atoms with Gasteiger partial charge in [0, 0.05) is 22.5 Å². The molecule has 1 saturated heterocycles. The maximum absolute atomic E-state index is 11.2. The number of carbonyl (C=O) groups is 1. The summed E-state index contributed by atoms with van der Waals surface area (Å²) in [6.45, 7) is 1.42. The van der Waals surface area contributed by atoms with Gasteiger partial charge in [-0.3, -0.25) is 9.69 Å². The van der Waals surface area contributed by atoms with Gasteiger partial charge in [0.05, 0.1) is 5.69 Å². The molecule has 0 unspecified atom stereocenters. The smallest absolute Gasteiger partial charge is 0.320 e. The van der Waals surface area contributed by atoms with E-state index < -0.39 is 5.97 Å². The van der Waals surface area contributed by atoms with Crippen molar-refractivity contribution in [1.29, 1.82) is 0 Å². The Balaban J connectivity index is 1.73. The van der Waals surface area contributed by atoms with Gasteiger partial charge < -0.3 is 5.11 Å². The SMILES string of the molecule is O=C(O)[C@H]1CCCN1Cc1csc(-c2ccc(Cl)cc2)n1. The summed E-state index contributed by atoms with van der Waals surface area (Å²) in [5.74, 6) is -0.736. The van der Waals surface area contributed by atoms with E-state index in [0.717, 1.165) is 35.7 Å². The Labute approximate surface area is 132 Å². The number of halogens is 1. The van der Waals surface area contributed by atoms with Crippen molar-refractivity contribution in [2.75, 3.05) is 6.54 Å². The minimum atomic E-state index is -0.736. The van der Waals surface area contributed by atoms with Crippen molar-refractivity contribution in [3.05, 3.63) is 40.4 Å². The third-order valence-corrected chi connectivity index (χ3v) is 4.85. The van der Waals surface area contributed by atoms with E-state index in [2.05, 4.69) is 4.98 Å². The molecule has 1 aliphatic heterocycles. The van der Waals surface area contributed by atoms with Crippen LogP contribution in [0.1, 0.15) is 18.5 Å². The van der Waals surface area contributed by atoms with Crippen LogP contribution in [0.25, 0.3) is 10.6 Å². The molecule has 1 atom stereocenters. The number of likely N-dealkylation sites (tertiary alicyclic amines) is 1. The highest BCUT2D eigenvalue weighted by atomic mass is 35.5. The highest BCUT2D eigenvalue weighted by Gasteiger charge is 2.30. The Hall–Kier alpha value is -1.43. The van der Waals surface area contributed by atoms with E-state index >= 15 is 0 Å². The van der Waals surface area contributed by atoms with E-state index in [9.17, 15) is 9.90 Å². The van der Waals surface area contributed by atoms with Crippen LogP contribution in [0.4, 0.5) is 0 Å². The largest absolute Gasteiger partial charge is 0.480 e. The summed E-state index contributed by atoms with van der Waals surface area (Å²) in [6, 6.07) is 7.21. The lowest BCUT2D eigenvalue weighted by Crippen LogP contribution is -2.35. The molecule has 0 spiro atoms. The predicted molar refractivity (Wildman–Crippen MR) is 83.6 cm³/mol. The molecule has 1 fully saturated rings. The van der Waals surface area contributed by atoms with E-state index in [1.807, 2.05) is 34.5 Å². The van der Waals surface area contributed by atoms with Gasteiger partial charge in [-0.2, -0.15) is 0 Å². The average Bonchev–Trinajstić information content (AvgIpc) is 3.09. The summed E-state index contributed by atoms with van der Waals surface area (Å²) in [5, 5.41) is 12.8. The first kappa shape index (κ1) is 14.5. The van der Waals surface area contributed by atoms with Crippen LogP contribution in [-0.2, 0) is 11.3 Å². The number of aromatic nitrogens is 1. The van der Waals surface area contributed by atoms with Gasteiger partial charge in [0.1, 0.15) is 11.0 Å². The second-order valence-electron chi connectivity index (χ2n) is 5.12. The molecule has 21 heavy (non-hydrogen) atoms. The van der Waals surface area contributed by atoms with Crippen LogP contribution in [0.15, 0.2) is 29.6 Å². The van der Waals surface area contributed by atoms with Crippen LogP contribution in [0.2, 0.25) is 5.02 Å². The molecule has 1 aliphatic rings. The summed E-state index contributed by atoms with van der Waals surface area (Å²) >= 11 is 7.46. The Bertz CT molecular complexity index is 641. The first-order valence-corrected chi connectivity index (χ1v) is 8.06. The maximum Gasteiger partial charge on any atom is 0.320 e. The third-order valence-electron chi connectivity index (χ3n) is 3.66. The molecule has 0 saturated carbocycles. The number of thiazole rings is 1. The topological polar surface area (TPSA) is 53.4 Å². The number of rotatable bonds is 4. The highest BCUT2D eigenvalue weighted by molar-refractivity contribution is 7.13. The normalized spacial score (nSPS) is 19.0. The standard InChI is InChI=1S/C15H15ClN2O2S/c16-11-5-3-10(4-6-11)14-17-12(9-21-14)8-18-7-1-2-13(18)15(19)20/h3-6,9,13H,1-2,7-8H2,(H,19,20)/t13-/m1/s1. The number of benzene rings is 1. The number of aliphatic carboxylic acids is 1. The molecule has 0 radical (unpaired) electrons. The number of hydrogen-bond donors (Lipinski definition) is 1. The Morgan fingerprint density at radius 2 is 2.19 bits per heavy atom. The molecule has 2 aromatic rings. The van der Waals surface area contributed by atoms with E-state index in [-0.39, 0.29) is 6.04 Å². The molecule has 1 aromatic heterocycles. The number of carboxylic acids is 1. The van der Waals surface area contributed by atoms with Gasteiger partial charge >= 0.3 is 5.97 Å². The summed E-state index contributed by atoms with van der Waals surface area (Å²) in [5.41, 5.74) is 1.96. The fraction of sp³-hybridized carbons (Fsp3) is 0.333. The zero-order chi connectivity index (χ0) is 14.8. The predicted octanol–water partition coefficient (Wildman–Crippen LogP) is 3.51. The third kappa shape index (κ3) is 3.26. The maximum atomic E-state index is 11.2. The van der Waals surface area contributed by atoms with Crippen LogP contribution in [-0.4, -0.2) is 33.5 Å². The van der Waals surface area contributed by atoms with Gasteiger partial charge in [0.25, 0.3) is 0 Å². The molecular formula is C15H15ClN2O2S. The van der Waals surface area contributed by atoms with E-state index in [4.69, 9.17) is 11.6 Å². The zero-order valence-corrected chi connectivity index (χ0v) is 12.9. The minimum Gasteiger partial charge on any atom is -0.480 e. The first-order valence-electron chi connectivity index (χ1n) is 6.80. The van der Waals surface area contributed by atoms with Gasteiger partial charge in [-0.15, -0.1) is 11.3 Å². The minimum absolute atomic E-state index is 0.370. The summed E-state index contributed by atoms with van der Waals surface area (Å²) in [7, 11) is 0. The van der Waals surface area contributed by atoms with Gasteiger partial charge in [-0.1, -0.05) is 23.7 Å². The Morgan fingerprint density at radius 1 is 1.43 bits per heavy atom. The first-order chi connectivity index (χ1) is 10.1. The van der Waals surface area contributed by atoms with Crippen molar-refractivity contribution >= 4 is 28.9 Å². The van der Waals surface area contributed by atoms with Crippen LogP contribution in [0, 0.1) is 0 Å². The van der Waals surface area contributed by atoms with Gasteiger partial charge in [0.2, 0.25) is 0 Å². The number of nitrogens with zero attached hydrogens (tertiary/aromatic N) is 2. The van der Waals surface area contributed by atoms with Crippen LogP contribution in [0.5, 0.6) is 0 Å². The van der Waals surface area contributed by atoms with E-state index in [1.165, 1.54) is 0 Å². The van der Waals surface area contributed by atoms with Crippen molar-refractivity contribution in [1.82, 2.24) is 9.88 Å². The molecule has 0 aliphatic carbocycles. The van der Waals surface area contributed by atoms with Crippen molar-refractivity contribution < 1.29 is 9.90 Å². The van der Waals surface area contributed by atoms with Crippen molar-refractivity contribution in [2.45, 2.75) is 25.4 Å². The van der Waals surface area contributed by atoms with E-state index in [0.29, 0.717) is 11.6 Å². The van der Waals surface area contributed by atoms with Crippen molar-refractivity contribution in [3.63, 3.8) is 0 Å². The second-order valence-corrected chi connectivity index (χ2v) is 6.41. The van der Waals surface area contributed by atoms with Gasteiger partial charge in [-0.05, 0) is 31.5 Å².